The van der Waals surface area contributed by atoms with Gasteiger partial charge in [-0.05, 0) is 43.4 Å². The zero-order valence-electron chi connectivity index (χ0n) is 13.7. The smallest absolute Gasteiger partial charge is 0.310 e. The van der Waals surface area contributed by atoms with Crippen molar-refractivity contribution in [3.8, 4) is 0 Å². The summed E-state index contributed by atoms with van der Waals surface area (Å²) in [4.78, 5) is 23.1. The van der Waals surface area contributed by atoms with Crippen LogP contribution in [0.3, 0.4) is 0 Å². The minimum atomic E-state index is -0.886. The molecule has 0 heterocycles. The maximum Gasteiger partial charge on any atom is 0.310 e. The van der Waals surface area contributed by atoms with Crippen LogP contribution in [0, 0.1) is 5.92 Å². The van der Waals surface area contributed by atoms with E-state index in [-0.39, 0.29) is 18.6 Å². The van der Waals surface area contributed by atoms with Crippen LogP contribution in [0.5, 0.6) is 0 Å². The van der Waals surface area contributed by atoms with E-state index in [0.717, 1.165) is 19.3 Å². The van der Waals surface area contributed by atoms with Crippen molar-refractivity contribution in [2.45, 2.75) is 51.6 Å². The Kier molecular flexibility index (Phi) is 6.16. The van der Waals surface area contributed by atoms with Gasteiger partial charge in [0.1, 0.15) is 6.61 Å². The van der Waals surface area contributed by atoms with Gasteiger partial charge in [-0.25, -0.2) is 0 Å². The van der Waals surface area contributed by atoms with Gasteiger partial charge in [-0.1, -0.05) is 31.9 Å². The largest absolute Gasteiger partial charge is 0.481 e. The summed E-state index contributed by atoms with van der Waals surface area (Å²) in [5.41, 5.74) is 1.26. The quantitative estimate of drug-likeness (QED) is 0.842. The summed E-state index contributed by atoms with van der Waals surface area (Å²) in [7, 11) is 0. The molecule has 1 aliphatic carbocycles. The third-order valence-corrected chi connectivity index (χ3v) is 4.50. The molecule has 1 aliphatic rings. The number of carbonyl (C=O) groups excluding carboxylic acids is 1. The van der Waals surface area contributed by atoms with Gasteiger partial charge in [0.2, 0.25) is 5.91 Å². The van der Waals surface area contributed by atoms with Crippen LogP contribution >= 0.6 is 0 Å². The van der Waals surface area contributed by atoms with Crippen LogP contribution in [0.15, 0.2) is 24.3 Å². The van der Waals surface area contributed by atoms with Gasteiger partial charge in [-0.15, -0.1) is 0 Å². The van der Waals surface area contributed by atoms with Crippen molar-refractivity contribution in [2.75, 3.05) is 11.9 Å². The number of carboxylic acid groups (broad SMARTS) is 1. The maximum absolute atomic E-state index is 12.0. The monoisotopic (exact) mass is 319 g/mol. The summed E-state index contributed by atoms with van der Waals surface area (Å²) in [6, 6.07) is 6.93. The summed E-state index contributed by atoms with van der Waals surface area (Å²) in [5, 5.41) is 11.8. The van der Waals surface area contributed by atoms with Crippen LogP contribution in [-0.4, -0.2) is 29.7 Å². The number of nitrogens with one attached hydrogen (secondary N) is 1. The molecule has 3 atom stereocenters. The fraction of sp³-hybridized carbons (Fsp3) is 0.556. The van der Waals surface area contributed by atoms with Gasteiger partial charge in [-0.2, -0.15) is 0 Å². The Morgan fingerprint density at radius 2 is 2.09 bits per heavy atom. The van der Waals surface area contributed by atoms with E-state index in [4.69, 9.17) is 9.84 Å². The molecule has 0 aliphatic heterocycles. The Hall–Kier alpha value is -1.88. The van der Waals surface area contributed by atoms with Gasteiger partial charge in [0.15, 0.2) is 0 Å². The standard InChI is InChI=1S/C18H25NO4/c1-12-6-3-4-9-16(12)23-11-17(20)19-15-8-5-7-14(10-15)13(2)18(21)22/h5,7-8,10,12-13,16H,3-4,6,9,11H2,1-2H3,(H,19,20)(H,21,22). The molecule has 3 unspecified atom stereocenters. The summed E-state index contributed by atoms with van der Waals surface area (Å²) in [6.45, 7) is 3.82. The highest BCUT2D eigenvalue weighted by atomic mass is 16.5. The zero-order chi connectivity index (χ0) is 16.8. The van der Waals surface area contributed by atoms with Gasteiger partial charge in [0.25, 0.3) is 0 Å². The molecule has 126 valence electrons. The second-order valence-electron chi connectivity index (χ2n) is 6.34. The first-order chi connectivity index (χ1) is 11.0. The average molecular weight is 319 g/mol. The first-order valence-corrected chi connectivity index (χ1v) is 8.21. The van der Waals surface area contributed by atoms with Crippen molar-refractivity contribution in [2.24, 2.45) is 5.92 Å². The van der Waals surface area contributed by atoms with Gasteiger partial charge in [-0.3, -0.25) is 9.59 Å². The molecule has 5 nitrogen and oxygen atoms in total. The van der Waals surface area contributed by atoms with Crippen LogP contribution in [0.1, 0.15) is 51.0 Å². The fourth-order valence-corrected chi connectivity index (χ4v) is 2.94. The van der Waals surface area contributed by atoms with Gasteiger partial charge in [0.05, 0.1) is 12.0 Å². The Morgan fingerprint density at radius 3 is 2.78 bits per heavy atom. The lowest BCUT2D eigenvalue weighted by molar-refractivity contribution is -0.138. The molecule has 2 N–H and O–H groups in total. The predicted octanol–water partition coefficient (Wildman–Crippen LogP) is 3.41. The van der Waals surface area contributed by atoms with Gasteiger partial charge in [0, 0.05) is 5.69 Å². The first-order valence-electron chi connectivity index (χ1n) is 8.21. The second-order valence-corrected chi connectivity index (χ2v) is 6.34. The highest BCUT2D eigenvalue weighted by Crippen LogP contribution is 2.26. The SMILES string of the molecule is CC(C(=O)O)c1cccc(NC(=O)COC2CCCCC2C)c1. The Bertz CT molecular complexity index is 558. The average Bonchev–Trinajstić information content (AvgIpc) is 2.53. The van der Waals surface area contributed by atoms with E-state index < -0.39 is 11.9 Å². The highest BCUT2D eigenvalue weighted by Gasteiger charge is 2.22. The van der Waals surface area contributed by atoms with Crippen molar-refractivity contribution in [1.82, 2.24) is 0 Å². The number of hydrogen-bond acceptors (Lipinski definition) is 3. The molecule has 0 bridgehead atoms. The molecule has 0 radical (unpaired) electrons. The van der Waals surface area contributed by atoms with E-state index in [9.17, 15) is 9.59 Å². The number of anilines is 1. The summed E-state index contributed by atoms with van der Waals surface area (Å²) < 4.78 is 5.74. The normalized spacial score (nSPS) is 22.3. The number of rotatable bonds is 6. The van der Waals surface area contributed by atoms with Crippen molar-refractivity contribution >= 4 is 17.6 Å². The predicted molar refractivity (Wildman–Crippen MR) is 88.5 cm³/mol. The first kappa shape index (κ1) is 17.5. The van der Waals surface area contributed by atoms with E-state index in [1.54, 1.807) is 31.2 Å². The second kappa shape index (κ2) is 8.11. The van der Waals surface area contributed by atoms with E-state index in [2.05, 4.69) is 12.2 Å². The van der Waals surface area contributed by atoms with Crippen molar-refractivity contribution in [3.63, 3.8) is 0 Å². The topological polar surface area (TPSA) is 75.6 Å². The van der Waals surface area contributed by atoms with Crippen LogP contribution in [0.25, 0.3) is 0 Å². The molecule has 5 heteroatoms. The number of hydrogen-bond donors (Lipinski definition) is 2. The summed E-state index contributed by atoms with van der Waals surface area (Å²) >= 11 is 0. The third-order valence-electron chi connectivity index (χ3n) is 4.50. The van der Waals surface area contributed by atoms with Crippen LogP contribution in [-0.2, 0) is 14.3 Å². The lowest BCUT2D eigenvalue weighted by atomic mass is 9.88. The number of benzene rings is 1. The molecule has 23 heavy (non-hydrogen) atoms. The molecule has 2 rings (SSSR count). The molecular formula is C18H25NO4. The molecule has 1 fully saturated rings. The number of ether oxygens (including phenoxy) is 1. The van der Waals surface area contributed by atoms with E-state index in [1.165, 1.54) is 6.42 Å². The minimum Gasteiger partial charge on any atom is -0.481 e. The lowest BCUT2D eigenvalue weighted by Gasteiger charge is -2.28. The highest BCUT2D eigenvalue weighted by molar-refractivity contribution is 5.92. The van der Waals surface area contributed by atoms with Crippen molar-refractivity contribution in [3.05, 3.63) is 29.8 Å². The number of carboxylic acids is 1. The maximum atomic E-state index is 12.0. The fourth-order valence-electron chi connectivity index (χ4n) is 2.94. The Labute approximate surface area is 137 Å². The Balaban J connectivity index is 1.87. The molecular weight excluding hydrogens is 294 g/mol. The van der Waals surface area contributed by atoms with Crippen LogP contribution in [0.2, 0.25) is 0 Å². The van der Waals surface area contributed by atoms with Crippen LogP contribution in [0.4, 0.5) is 5.69 Å². The zero-order valence-corrected chi connectivity index (χ0v) is 13.7. The number of aliphatic carboxylic acids is 1. The molecule has 1 saturated carbocycles. The Morgan fingerprint density at radius 1 is 1.35 bits per heavy atom. The molecule has 0 spiro atoms. The summed E-state index contributed by atoms with van der Waals surface area (Å²) in [5.74, 6) is -1.20. The number of amides is 1. The molecule has 1 amide bonds. The van der Waals surface area contributed by atoms with E-state index in [0.29, 0.717) is 17.2 Å². The third kappa shape index (κ3) is 5.06. The molecule has 0 saturated heterocycles. The van der Waals surface area contributed by atoms with Crippen molar-refractivity contribution < 1.29 is 19.4 Å². The minimum absolute atomic E-state index is 0.0354. The van der Waals surface area contributed by atoms with Gasteiger partial charge >= 0.3 is 5.97 Å². The molecule has 0 aromatic heterocycles. The van der Waals surface area contributed by atoms with E-state index in [1.807, 2.05) is 0 Å². The van der Waals surface area contributed by atoms with Crippen molar-refractivity contribution in [1.29, 1.82) is 0 Å². The van der Waals surface area contributed by atoms with E-state index >= 15 is 0 Å². The lowest BCUT2D eigenvalue weighted by Crippen LogP contribution is -2.29. The molecule has 1 aromatic rings. The number of carbonyl (C=O) groups is 2. The molecule has 1 aromatic carbocycles. The summed E-state index contributed by atoms with van der Waals surface area (Å²) in [6.07, 6.45) is 4.72. The van der Waals surface area contributed by atoms with Crippen LogP contribution < -0.4 is 5.32 Å². The van der Waals surface area contributed by atoms with Gasteiger partial charge < -0.3 is 15.2 Å².